The zero-order valence-corrected chi connectivity index (χ0v) is 4.92. The molecule has 1 heterocycles. The molecule has 2 heteroatoms. The van der Waals surface area contributed by atoms with Crippen molar-refractivity contribution in [1.82, 2.24) is 0 Å². The molecule has 0 amide bonds. The Morgan fingerprint density at radius 1 is 1.88 bits per heavy atom. The van der Waals surface area contributed by atoms with Gasteiger partial charge in [0.15, 0.2) is 0 Å². The fourth-order valence-electron chi connectivity index (χ4n) is 0.758. The summed E-state index contributed by atoms with van der Waals surface area (Å²) in [6.45, 7) is 2.19. The van der Waals surface area contributed by atoms with Gasteiger partial charge in [-0.3, -0.25) is 0 Å². The highest BCUT2D eigenvalue weighted by Crippen LogP contribution is 2.19. The largest absolute Gasteiger partial charge is 0.493 e. The molecule has 0 aromatic rings. The van der Waals surface area contributed by atoms with Gasteiger partial charge in [-0.15, -0.1) is 0 Å². The van der Waals surface area contributed by atoms with Crippen LogP contribution in [0.15, 0.2) is 11.8 Å². The molecule has 0 fully saturated rings. The van der Waals surface area contributed by atoms with Gasteiger partial charge < -0.3 is 9.84 Å². The van der Waals surface area contributed by atoms with Gasteiger partial charge >= 0.3 is 0 Å². The SMILES string of the molecule is CCC1OC=C1CO. The smallest absolute Gasteiger partial charge is 0.124 e. The number of rotatable bonds is 2. The summed E-state index contributed by atoms with van der Waals surface area (Å²) in [7, 11) is 0. The molecule has 1 atom stereocenters. The average Bonchev–Trinajstić information content (AvgIpc) is 1.66. The van der Waals surface area contributed by atoms with Crippen molar-refractivity contribution in [1.29, 1.82) is 0 Å². The highest BCUT2D eigenvalue weighted by atomic mass is 16.5. The molecule has 1 aliphatic rings. The Morgan fingerprint density at radius 3 is 2.75 bits per heavy atom. The molecule has 0 spiro atoms. The highest BCUT2D eigenvalue weighted by Gasteiger charge is 2.19. The van der Waals surface area contributed by atoms with Crippen LogP contribution in [-0.2, 0) is 4.74 Å². The van der Waals surface area contributed by atoms with Crippen LogP contribution in [0.3, 0.4) is 0 Å². The van der Waals surface area contributed by atoms with Crippen LogP contribution in [0, 0.1) is 0 Å². The maximum atomic E-state index is 8.54. The number of hydrogen-bond donors (Lipinski definition) is 1. The van der Waals surface area contributed by atoms with E-state index in [2.05, 4.69) is 0 Å². The van der Waals surface area contributed by atoms with Crippen molar-refractivity contribution in [2.24, 2.45) is 0 Å². The first-order valence-electron chi connectivity index (χ1n) is 2.83. The van der Waals surface area contributed by atoms with Gasteiger partial charge in [0, 0.05) is 5.57 Å². The summed E-state index contributed by atoms with van der Waals surface area (Å²) in [5, 5.41) is 8.54. The summed E-state index contributed by atoms with van der Waals surface area (Å²) in [6.07, 6.45) is 2.79. The minimum absolute atomic E-state index is 0.151. The van der Waals surface area contributed by atoms with E-state index in [1.807, 2.05) is 6.92 Å². The third kappa shape index (κ3) is 0.713. The maximum absolute atomic E-state index is 8.54. The second-order valence-corrected chi connectivity index (χ2v) is 1.88. The topological polar surface area (TPSA) is 29.5 Å². The molecule has 2 nitrogen and oxygen atoms in total. The van der Waals surface area contributed by atoms with Gasteiger partial charge in [-0.2, -0.15) is 0 Å². The van der Waals surface area contributed by atoms with E-state index in [4.69, 9.17) is 9.84 Å². The van der Waals surface area contributed by atoms with E-state index in [1.165, 1.54) is 0 Å². The van der Waals surface area contributed by atoms with E-state index in [1.54, 1.807) is 6.26 Å². The lowest BCUT2D eigenvalue weighted by atomic mass is 10.1. The lowest BCUT2D eigenvalue weighted by Crippen LogP contribution is -2.23. The summed E-state index contributed by atoms with van der Waals surface area (Å²) < 4.78 is 4.96. The Balaban J connectivity index is 2.35. The summed E-state index contributed by atoms with van der Waals surface area (Å²) in [5.41, 5.74) is 1.02. The monoisotopic (exact) mass is 114 g/mol. The van der Waals surface area contributed by atoms with Crippen LogP contribution in [0.1, 0.15) is 13.3 Å². The standard InChI is InChI=1S/C6H10O2/c1-2-6-5(3-7)4-8-6/h4,6-7H,2-3H2,1H3. The fourth-order valence-corrected chi connectivity index (χ4v) is 0.758. The minimum Gasteiger partial charge on any atom is -0.493 e. The van der Waals surface area contributed by atoms with Gasteiger partial charge in [-0.25, -0.2) is 0 Å². The predicted octanol–water partition coefficient (Wildman–Crippen LogP) is 0.671. The van der Waals surface area contributed by atoms with Crippen molar-refractivity contribution in [2.75, 3.05) is 6.61 Å². The molecular weight excluding hydrogens is 104 g/mol. The van der Waals surface area contributed by atoms with E-state index >= 15 is 0 Å². The molecule has 46 valence electrons. The zero-order chi connectivity index (χ0) is 5.98. The van der Waals surface area contributed by atoms with E-state index in [0.717, 1.165) is 12.0 Å². The third-order valence-corrected chi connectivity index (χ3v) is 1.35. The van der Waals surface area contributed by atoms with Crippen molar-refractivity contribution in [3.05, 3.63) is 11.8 Å². The molecule has 1 rings (SSSR count). The molecule has 8 heavy (non-hydrogen) atoms. The Hall–Kier alpha value is -0.500. The Bertz CT molecular complexity index is 107. The number of aliphatic hydroxyl groups is 1. The van der Waals surface area contributed by atoms with E-state index < -0.39 is 0 Å². The van der Waals surface area contributed by atoms with Crippen LogP contribution in [0.25, 0.3) is 0 Å². The van der Waals surface area contributed by atoms with Crippen LogP contribution >= 0.6 is 0 Å². The lowest BCUT2D eigenvalue weighted by Gasteiger charge is -2.25. The summed E-state index contributed by atoms with van der Waals surface area (Å²) in [5.74, 6) is 0. The highest BCUT2D eigenvalue weighted by molar-refractivity contribution is 5.12. The van der Waals surface area contributed by atoms with Crippen LogP contribution in [0.4, 0.5) is 0 Å². The van der Waals surface area contributed by atoms with Gasteiger partial charge in [-0.05, 0) is 6.42 Å². The van der Waals surface area contributed by atoms with Crippen LogP contribution in [0.2, 0.25) is 0 Å². The molecule has 1 unspecified atom stereocenters. The Kier molecular flexibility index (Phi) is 1.53. The maximum Gasteiger partial charge on any atom is 0.124 e. The molecule has 0 saturated heterocycles. The lowest BCUT2D eigenvalue weighted by molar-refractivity contribution is 0.0978. The van der Waals surface area contributed by atoms with E-state index in [-0.39, 0.29) is 12.7 Å². The first kappa shape index (κ1) is 5.63. The Labute approximate surface area is 48.8 Å². The van der Waals surface area contributed by atoms with Gasteiger partial charge in [-0.1, -0.05) is 6.92 Å². The summed E-state index contributed by atoms with van der Waals surface area (Å²) >= 11 is 0. The molecule has 0 aliphatic carbocycles. The van der Waals surface area contributed by atoms with Crippen molar-refractivity contribution in [3.63, 3.8) is 0 Å². The quantitative estimate of drug-likeness (QED) is 0.571. The van der Waals surface area contributed by atoms with Gasteiger partial charge in [0.05, 0.1) is 12.9 Å². The molecule has 0 aromatic heterocycles. The van der Waals surface area contributed by atoms with E-state index in [0.29, 0.717) is 0 Å². The third-order valence-electron chi connectivity index (χ3n) is 1.35. The number of hydrogen-bond acceptors (Lipinski definition) is 2. The molecular formula is C6H10O2. The van der Waals surface area contributed by atoms with E-state index in [9.17, 15) is 0 Å². The van der Waals surface area contributed by atoms with Crippen molar-refractivity contribution >= 4 is 0 Å². The number of ether oxygens (including phenoxy) is 1. The van der Waals surface area contributed by atoms with Gasteiger partial charge in [0.1, 0.15) is 6.10 Å². The van der Waals surface area contributed by atoms with Crippen LogP contribution in [-0.4, -0.2) is 17.8 Å². The van der Waals surface area contributed by atoms with Crippen molar-refractivity contribution in [3.8, 4) is 0 Å². The normalized spacial score (nSPS) is 25.8. The van der Waals surface area contributed by atoms with Crippen molar-refractivity contribution < 1.29 is 9.84 Å². The van der Waals surface area contributed by atoms with Gasteiger partial charge in [0.2, 0.25) is 0 Å². The second kappa shape index (κ2) is 2.18. The first-order chi connectivity index (χ1) is 3.88. The Morgan fingerprint density at radius 2 is 2.62 bits per heavy atom. The second-order valence-electron chi connectivity index (χ2n) is 1.88. The van der Waals surface area contributed by atoms with Gasteiger partial charge in [0.25, 0.3) is 0 Å². The van der Waals surface area contributed by atoms with Crippen molar-refractivity contribution in [2.45, 2.75) is 19.4 Å². The fraction of sp³-hybridized carbons (Fsp3) is 0.667. The molecule has 1 N–H and O–H groups in total. The predicted molar refractivity (Wildman–Crippen MR) is 30.3 cm³/mol. The van der Waals surface area contributed by atoms with Crippen LogP contribution in [0.5, 0.6) is 0 Å². The minimum atomic E-state index is 0.151. The summed E-state index contributed by atoms with van der Waals surface area (Å²) in [4.78, 5) is 0. The first-order valence-corrected chi connectivity index (χ1v) is 2.83. The average molecular weight is 114 g/mol. The van der Waals surface area contributed by atoms with Crippen LogP contribution < -0.4 is 0 Å². The number of aliphatic hydroxyl groups excluding tert-OH is 1. The molecule has 0 saturated carbocycles. The molecule has 0 aromatic carbocycles. The molecule has 1 aliphatic heterocycles. The molecule has 0 bridgehead atoms. The molecule has 0 radical (unpaired) electrons. The summed E-state index contributed by atoms with van der Waals surface area (Å²) in [6, 6.07) is 0. The zero-order valence-electron chi connectivity index (χ0n) is 4.92.